The molecule has 4 nitrogen and oxygen atoms in total. The molecule has 1 fully saturated rings. The van der Waals surface area contributed by atoms with Crippen LogP contribution in [0.3, 0.4) is 0 Å². The lowest BCUT2D eigenvalue weighted by Gasteiger charge is -2.39. The molecule has 18 heavy (non-hydrogen) atoms. The van der Waals surface area contributed by atoms with Crippen LogP contribution in [0.15, 0.2) is 6.07 Å². The van der Waals surface area contributed by atoms with Gasteiger partial charge in [0.05, 0.1) is 12.1 Å². The molecular formula is C14H23N3O. The highest BCUT2D eigenvalue weighted by atomic mass is 16.3. The second-order valence-electron chi connectivity index (χ2n) is 5.71. The third-order valence-electron chi connectivity index (χ3n) is 3.75. The molecule has 0 spiro atoms. The lowest BCUT2D eigenvalue weighted by Crippen LogP contribution is -2.46. The molecule has 0 amide bonds. The quantitative estimate of drug-likeness (QED) is 0.864. The van der Waals surface area contributed by atoms with E-state index in [0.29, 0.717) is 5.92 Å². The van der Waals surface area contributed by atoms with Gasteiger partial charge in [-0.25, -0.2) is 9.97 Å². The van der Waals surface area contributed by atoms with Gasteiger partial charge in [0.15, 0.2) is 0 Å². The number of anilines is 1. The fourth-order valence-corrected chi connectivity index (χ4v) is 3.01. The Labute approximate surface area is 109 Å². The van der Waals surface area contributed by atoms with Gasteiger partial charge < -0.3 is 10.4 Å². The van der Waals surface area contributed by atoms with Gasteiger partial charge in [-0.3, -0.25) is 0 Å². The zero-order valence-corrected chi connectivity index (χ0v) is 11.5. The minimum Gasteiger partial charge on any atom is -0.394 e. The van der Waals surface area contributed by atoms with Crippen LogP contribution in [-0.2, 0) is 0 Å². The number of nitrogens with one attached hydrogen (secondary N) is 1. The summed E-state index contributed by atoms with van der Waals surface area (Å²) < 4.78 is 0. The van der Waals surface area contributed by atoms with Crippen LogP contribution in [0, 0.1) is 19.8 Å². The largest absolute Gasteiger partial charge is 0.394 e. The first-order valence-corrected chi connectivity index (χ1v) is 6.74. The topological polar surface area (TPSA) is 58.0 Å². The van der Waals surface area contributed by atoms with Crippen molar-refractivity contribution in [2.45, 2.75) is 52.0 Å². The molecule has 0 aliphatic heterocycles. The van der Waals surface area contributed by atoms with E-state index in [0.717, 1.165) is 36.6 Å². The van der Waals surface area contributed by atoms with E-state index in [2.05, 4.69) is 22.2 Å². The third-order valence-corrected chi connectivity index (χ3v) is 3.75. The Morgan fingerprint density at radius 2 is 2.22 bits per heavy atom. The average molecular weight is 249 g/mol. The summed E-state index contributed by atoms with van der Waals surface area (Å²) in [5, 5.41) is 13.2. The predicted octanol–water partition coefficient (Wildman–Crippen LogP) is 2.45. The lowest BCUT2D eigenvalue weighted by atomic mass is 9.77. The maximum absolute atomic E-state index is 9.75. The number of aliphatic hydroxyl groups is 1. The van der Waals surface area contributed by atoms with Gasteiger partial charge in [0.2, 0.25) is 0 Å². The van der Waals surface area contributed by atoms with Gasteiger partial charge >= 0.3 is 0 Å². The third kappa shape index (κ3) is 2.99. The SMILES string of the molecule is Cc1cc(NC2(CO)CCCC(C)C2)nc(C)n1. The van der Waals surface area contributed by atoms with Crippen molar-refractivity contribution in [3.63, 3.8) is 0 Å². The van der Waals surface area contributed by atoms with Crippen LogP contribution < -0.4 is 5.32 Å². The van der Waals surface area contributed by atoms with Gasteiger partial charge in [-0.2, -0.15) is 0 Å². The highest BCUT2D eigenvalue weighted by molar-refractivity contribution is 5.39. The van der Waals surface area contributed by atoms with E-state index in [1.54, 1.807) is 0 Å². The summed E-state index contributed by atoms with van der Waals surface area (Å²) in [6.07, 6.45) is 4.44. The molecule has 2 rings (SSSR count). The highest BCUT2D eigenvalue weighted by Gasteiger charge is 2.34. The Bertz CT molecular complexity index is 401. The molecule has 1 aliphatic carbocycles. The molecule has 1 aliphatic rings. The van der Waals surface area contributed by atoms with E-state index in [-0.39, 0.29) is 12.1 Å². The standard InChI is InChI=1S/C14H23N3O/c1-10-5-4-6-14(8-10,9-18)17-13-7-11(2)15-12(3)16-13/h7,10,18H,4-6,8-9H2,1-3H3,(H,15,16,17). The predicted molar refractivity (Wildman–Crippen MR) is 72.6 cm³/mol. The molecule has 1 saturated carbocycles. The Balaban J connectivity index is 2.18. The van der Waals surface area contributed by atoms with Crippen LogP contribution in [-0.4, -0.2) is 27.2 Å². The summed E-state index contributed by atoms with van der Waals surface area (Å²) in [4.78, 5) is 8.69. The summed E-state index contributed by atoms with van der Waals surface area (Å²) in [6, 6.07) is 1.95. The van der Waals surface area contributed by atoms with Gasteiger partial charge in [0, 0.05) is 11.8 Å². The minimum absolute atomic E-state index is 0.166. The van der Waals surface area contributed by atoms with Crippen molar-refractivity contribution in [1.29, 1.82) is 0 Å². The Hall–Kier alpha value is -1.16. The summed E-state index contributed by atoms with van der Waals surface area (Å²) in [6.45, 7) is 6.28. The normalized spacial score (nSPS) is 28.1. The number of nitrogens with zero attached hydrogens (tertiary/aromatic N) is 2. The van der Waals surface area contributed by atoms with Crippen molar-refractivity contribution in [2.24, 2.45) is 5.92 Å². The molecule has 100 valence electrons. The van der Waals surface area contributed by atoms with Crippen LogP contribution in [0.4, 0.5) is 5.82 Å². The fourth-order valence-electron chi connectivity index (χ4n) is 3.01. The van der Waals surface area contributed by atoms with E-state index >= 15 is 0 Å². The molecule has 1 heterocycles. The molecule has 2 N–H and O–H groups in total. The van der Waals surface area contributed by atoms with Crippen LogP contribution in [0.25, 0.3) is 0 Å². The summed E-state index contributed by atoms with van der Waals surface area (Å²) in [5.41, 5.74) is 0.757. The van der Waals surface area contributed by atoms with Crippen molar-refractivity contribution >= 4 is 5.82 Å². The van der Waals surface area contributed by atoms with E-state index in [9.17, 15) is 5.11 Å². The molecule has 0 aromatic carbocycles. The first kappa shape index (κ1) is 13.3. The number of rotatable bonds is 3. The van der Waals surface area contributed by atoms with Crippen molar-refractivity contribution in [1.82, 2.24) is 9.97 Å². The van der Waals surface area contributed by atoms with Crippen molar-refractivity contribution < 1.29 is 5.11 Å². The summed E-state index contributed by atoms with van der Waals surface area (Å²) >= 11 is 0. The van der Waals surface area contributed by atoms with E-state index in [1.165, 1.54) is 6.42 Å². The molecule has 2 unspecified atom stereocenters. The maximum Gasteiger partial charge on any atom is 0.130 e. The van der Waals surface area contributed by atoms with Crippen molar-refractivity contribution in [2.75, 3.05) is 11.9 Å². The monoisotopic (exact) mass is 249 g/mol. The molecular weight excluding hydrogens is 226 g/mol. The number of aromatic nitrogens is 2. The zero-order chi connectivity index (χ0) is 13.2. The molecule has 1 aromatic heterocycles. The summed E-state index contributed by atoms with van der Waals surface area (Å²) in [5.74, 6) is 2.26. The van der Waals surface area contributed by atoms with Gasteiger partial charge in [0.1, 0.15) is 11.6 Å². The smallest absolute Gasteiger partial charge is 0.130 e. The van der Waals surface area contributed by atoms with Crippen molar-refractivity contribution in [3.05, 3.63) is 17.6 Å². The second-order valence-corrected chi connectivity index (χ2v) is 5.71. The number of aliphatic hydroxyl groups excluding tert-OH is 1. The maximum atomic E-state index is 9.75. The first-order chi connectivity index (χ1) is 8.53. The molecule has 4 heteroatoms. The molecule has 0 saturated heterocycles. The van der Waals surface area contributed by atoms with E-state index < -0.39 is 0 Å². The molecule has 0 bridgehead atoms. The van der Waals surface area contributed by atoms with Crippen LogP contribution in [0.1, 0.15) is 44.1 Å². The second kappa shape index (κ2) is 5.22. The van der Waals surface area contributed by atoms with Gasteiger partial charge in [0.25, 0.3) is 0 Å². The Morgan fingerprint density at radius 1 is 1.44 bits per heavy atom. The van der Waals surface area contributed by atoms with Gasteiger partial charge in [-0.1, -0.05) is 19.8 Å². The fraction of sp³-hybridized carbons (Fsp3) is 0.714. The average Bonchev–Trinajstić information content (AvgIpc) is 2.27. The number of hydrogen-bond acceptors (Lipinski definition) is 4. The van der Waals surface area contributed by atoms with E-state index in [1.807, 2.05) is 19.9 Å². The van der Waals surface area contributed by atoms with E-state index in [4.69, 9.17) is 0 Å². The Morgan fingerprint density at radius 3 is 2.83 bits per heavy atom. The van der Waals surface area contributed by atoms with Crippen molar-refractivity contribution in [3.8, 4) is 0 Å². The minimum atomic E-state index is -0.203. The Kier molecular flexibility index (Phi) is 3.85. The van der Waals surface area contributed by atoms with Gasteiger partial charge in [-0.05, 0) is 32.6 Å². The zero-order valence-electron chi connectivity index (χ0n) is 11.5. The number of aryl methyl sites for hydroxylation is 2. The highest BCUT2D eigenvalue weighted by Crippen LogP contribution is 2.34. The lowest BCUT2D eigenvalue weighted by molar-refractivity contribution is 0.149. The first-order valence-electron chi connectivity index (χ1n) is 6.74. The molecule has 1 aromatic rings. The molecule has 0 radical (unpaired) electrons. The molecule has 2 atom stereocenters. The summed E-state index contributed by atoms with van der Waals surface area (Å²) in [7, 11) is 0. The van der Waals surface area contributed by atoms with Crippen LogP contribution >= 0.6 is 0 Å². The van der Waals surface area contributed by atoms with Crippen LogP contribution in [0.2, 0.25) is 0 Å². The number of hydrogen-bond donors (Lipinski definition) is 2. The van der Waals surface area contributed by atoms with Crippen LogP contribution in [0.5, 0.6) is 0 Å². The van der Waals surface area contributed by atoms with Gasteiger partial charge in [-0.15, -0.1) is 0 Å².